The predicted octanol–water partition coefficient (Wildman–Crippen LogP) is 0.742. The molecule has 1 N–H and O–H groups in total. The Labute approximate surface area is 99.0 Å². The largest absolute Gasteiger partial charge is 0.326 e. The van der Waals surface area contributed by atoms with Crippen LogP contribution in [-0.2, 0) is 4.79 Å². The van der Waals surface area contributed by atoms with E-state index in [4.69, 9.17) is 0 Å². The highest BCUT2D eigenvalue weighted by Crippen LogP contribution is 2.14. The molecule has 1 atom stereocenters. The van der Waals surface area contributed by atoms with E-state index in [1.807, 2.05) is 4.90 Å². The monoisotopic (exact) mass is 227 g/mol. The van der Waals surface area contributed by atoms with E-state index in [1.54, 1.807) is 0 Å². The van der Waals surface area contributed by atoms with Crippen molar-refractivity contribution in [3.63, 3.8) is 0 Å². The van der Waals surface area contributed by atoms with Crippen LogP contribution in [0.5, 0.6) is 0 Å². The molecule has 4 heteroatoms. The molecule has 0 saturated carbocycles. The van der Waals surface area contributed by atoms with Gasteiger partial charge in [0.15, 0.2) is 0 Å². The van der Waals surface area contributed by atoms with Crippen molar-refractivity contribution in [2.24, 2.45) is 5.92 Å². The zero-order chi connectivity index (χ0) is 12.1. The third-order valence-corrected chi connectivity index (χ3v) is 2.88. The quantitative estimate of drug-likeness (QED) is 0.727. The number of hydrogen-bond acceptors (Lipinski definition) is 3. The van der Waals surface area contributed by atoms with Gasteiger partial charge in [0, 0.05) is 6.54 Å². The maximum atomic E-state index is 11.7. The van der Waals surface area contributed by atoms with Crippen LogP contribution in [0.25, 0.3) is 0 Å². The highest BCUT2D eigenvalue weighted by Gasteiger charge is 2.29. The highest BCUT2D eigenvalue weighted by atomic mass is 16.2. The molecule has 1 fully saturated rings. The van der Waals surface area contributed by atoms with Crippen LogP contribution >= 0.6 is 0 Å². The fraction of sp³-hybridized carbons (Fsp3) is 0.917. The Bertz CT molecular complexity index is 228. The Hall–Kier alpha value is -0.610. The van der Waals surface area contributed by atoms with Crippen molar-refractivity contribution in [3.8, 4) is 0 Å². The minimum atomic E-state index is 0.254. The molecule has 1 aliphatic heterocycles. The summed E-state index contributed by atoms with van der Waals surface area (Å²) in [6.07, 6.45) is 2.36. The maximum absolute atomic E-state index is 11.7. The van der Waals surface area contributed by atoms with Crippen LogP contribution in [-0.4, -0.2) is 55.6 Å². The molecule has 0 aromatic rings. The molecule has 0 bridgehead atoms. The second kappa shape index (κ2) is 6.21. The standard InChI is InChI=1S/C12H25N3O/c1-10(2)8-11-13-9-12(16)15(11)7-5-6-14(3)4/h10-11,13H,5-9H2,1-4H3. The molecule has 0 spiro atoms. The number of carbonyl (C=O) groups is 1. The lowest BCUT2D eigenvalue weighted by molar-refractivity contribution is -0.128. The third-order valence-electron chi connectivity index (χ3n) is 2.88. The number of hydrogen-bond donors (Lipinski definition) is 1. The number of nitrogens with one attached hydrogen (secondary N) is 1. The molecule has 0 radical (unpaired) electrons. The molecule has 1 rings (SSSR count). The van der Waals surface area contributed by atoms with Crippen LogP contribution in [0.1, 0.15) is 26.7 Å². The minimum Gasteiger partial charge on any atom is -0.326 e. The van der Waals surface area contributed by atoms with E-state index >= 15 is 0 Å². The van der Waals surface area contributed by atoms with Gasteiger partial charge in [-0.1, -0.05) is 13.8 Å². The molecule has 1 heterocycles. The number of carbonyl (C=O) groups excluding carboxylic acids is 1. The van der Waals surface area contributed by atoms with Crippen molar-refractivity contribution < 1.29 is 4.79 Å². The molecule has 1 saturated heterocycles. The van der Waals surface area contributed by atoms with E-state index in [1.165, 1.54) is 0 Å². The summed E-state index contributed by atoms with van der Waals surface area (Å²) >= 11 is 0. The lowest BCUT2D eigenvalue weighted by Gasteiger charge is -2.26. The van der Waals surface area contributed by atoms with Crippen molar-refractivity contribution in [1.82, 2.24) is 15.1 Å². The molecular weight excluding hydrogens is 202 g/mol. The van der Waals surface area contributed by atoms with Crippen molar-refractivity contribution >= 4 is 5.91 Å². The number of rotatable bonds is 6. The molecular formula is C12H25N3O. The Kier molecular flexibility index (Phi) is 5.22. The minimum absolute atomic E-state index is 0.254. The summed E-state index contributed by atoms with van der Waals surface area (Å²) in [5, 5.41) is 3.29. The van der Waals surface area contributed by atoms with E-state index in [-0.39, 0.29) is 12.1 Å². The Morgan fingerprint density at radius 1 is 1.50 bits per heavy atom. The fourth-order valence-corrected chi connectivity index (χ4v) is 2.09. The lowest BCUT2D eigenvalue weighted by Crippen LogP contribution is -2.39. The van der Waals surface area contributed by atoms with Crippen LogP contribution in [0.4, 0.5) is 0 Å². The molecule has 16 heavy (non-hydrogen) atoms. The van der Waals surface area contributed by atoms with Crippen LogP contribution in [0.15, 0.2) is 0 Å². The zero-order valence-corrected chi connectivity index (χ0v) is 11.0. The van der Waals surface area contributed by atoms with E-state index in [0.717, 1.165) is 25.9 Å². The first kappa shape index (κ1) is 13.5. The molecule has 1 unspecified atom stereocenters. The van der Waals surface area contributed by atoms with Gasteiger partial charge in [-0.3, -0.25) is 10.1 Å². The van der Waals surface area contributed by atoms with E-state index in [2.05, 4.69) is 38.2 Å². The van der Waals surface area contributed by atoms with E-state index in [0.29, 0.717) is 12.5 Å². The Balaban J connectivity index is 2.37. The molecule has 0 aromatic heterocycles. The van der Waals surface area contributed by atoms with Gasteiger partial charge in [-0.15, -0.1) is 0 Å². The van der Waals surface area contributed by atoms with Gasteiger partial charge in [-0.25, -0.2) is 0 Å². The summed E-state index contributed by atoms with van der Waals surface area (Å²) < 4.78 is 0. The van der Waals surface area contributed by atoms with Crippen LogP contribution < -0.4 is 5.32 Å². The molecule has 1 aliphatic rings. The van der Waals surface area contributed by atoms with Gasteiger partial charge in [0.2, 0.25) is 5.91 Å². The number of nitrogens with zero attached hydrogens (tertiary/aromatic N) is 2. The fourth-order valence-electron chi connectivity index (χ4n) is 2.09. The SMILES string of the molecule is CC(C)CC1NCC(=O)N1CCCN(C)C. The first-order valence-corrected chi connectivity index (χ1v) is 6.18. The van der Waals surface area contributed by atoms with Crippen molar-refractivity contribution in [3.05, 3.63) is 0 Å². The van der Waals surface area contributed by atoms with Crippen LogP contribution in [0.3, 0.4) is 0 Å². The zero-order valence-electron chi connectivity index (χ0n) is 11.0. The lowest BCUT2D eigenvalue weighted by atomic mass is 10.1. The summed E-state index contributed by atoms with van der Waals surface area (Å²) in [6.45, 7) is 6.82. The summed E-state index contributed by atoms with van der Waals surface area (Å²) in [6, 6.07) is 0. The van der Waals surface area contributed by atoms with Crippen molar-refractivity contribution in [1.29, 1.82) is 0 Å². The van der Waals surface area contributed by atoms with Crippen LogP contribution in [0.2, 0.25) is 0 Å². The maximum Gasteiger partial charge on any atom is 0.237 e. The summed E-state index contributed by atoms with van der Waals surface area (Å²) in [5.74, 6) is 0.879. The Morgan fingerprint density at radius 2 is 2.19 bits per heavy atom. The highest BCUT2D eigenvalue weighted by molar-refractivity contribution is 5.80. The van der Waals surface area contributed by atoms with Gasteiger partial charge in [0.05, 0.1) is 12.7 Å². The normalized spacial score (nSPS) is 21.5. The summed E-state index contributed by atoms with van der Waals surface area (Å²) in [5.41, 5.74) is 0. The predicted molar refractivity (Wildman–Crippen MR) is 66.1 cm³/mol. The molecule has 0 aliphatic carbocycles. The van der Waals surface area contributed by atoms with Crippen LogP contribution in [0, 0.1) is 5.92 Å². The molecule has 0 aromatic carbocycles. The van der Waals surface area contributed by atoms with Gasteiger partial charge in [-0.2, -0.15) is 0 Å². The number of amides is 1. The average Bonchev–Trinajstić information content (AvgIpc) is 2.48. The van der Waals surface area contributed by atoms with Gasteiger partial charge in [0.1, 0.15) is 0 Å². The summed E-state index contributed by atoms with van der Waals surface area (Å²) in [7, 11) is 4.13. The third kappa shape index (κ3) is 4.10. The molecule has 4 nitrogen and oxygen atoms in total. The van der Waals surface area contributed by atoms with Gasteiger partial charge >= 0.3 is 0 Å². The topological polar surface area (TPSA) is 35.6 Å². The second-order valence-corrected chi connectivity index (χ2v) is 5.27. The summed E-state index contributed by atoms with van der Waals surface area (Å²) in [4.78, 5) is 15.9. The second-order valence-electron chi connectivity index (χ2n) is 5.27. The first-order chi connectivity index (χ1) is 7.50. The van der Waals surface area contributed by atoms with Gasteiger partial charge in [-0.05, 0) is 39.4 Å². The average molecular weight is 227 g/mol. The van der Waals surface area contributed by atoms with Gasteiger partial charge in [0.25, 0.3) is 0 Å². The van der Waals surface area contributed by atoms with E-state index < -0.39 is 0 Å². The molecule has 94 valence electrons. The smallest absolute Gasteiger partial charge is 0.237 e. The first-order valence-electron chi connectivity index (χ1n) is 6.18. The van der Waals surface area contributed by atoms with Crippen molar-refractivity contribution in [2.75, 3.05) is 33.7 Å². The van der Waals surface area contributed by atoms with Crippen molar-refractivity contribution in [2.45, 2.75) is 32.9 Å². The van der Waals surface area contributed by atoms with E-state index in [9.17, 15) is 4.79 Å². The van der Waals surface area contributed by atoms with Gasteiger partial charge < -0.3 is 9.80 Å². The Morgan fingerprint density at radius 3 is 2.75 bits per heavy atom. The molecule has 1 amide bonds.